The molecule has 4 N–H and O–H groups in total. The van der Waals surface area contributed by atoms with E-state index in [0.29, 0.717) is 18.4 Å². The highest BCUT2D eigenvalue weighted by Crippen LogP contribution is 2.31. The smallest absolute Gasteiger partial charge is 0.368 e. The van der Waals surface area contributed by atoms with Gasteiger partial charge in [-0.2, -0.15) is 21.6 Å². The van der Waals surface area contributed by atoms with Gasteiger partial charge in [-0.25, -0.2) is 0 Å². The average Bonchev–Trinajstić information content (AvgIpc) is 2.60. The van der Waals surface area contributed by atoms with Crippen LogP contribution in [0.2, 0.25) is 0 Å². The minimum absolute atomic E-state index is 0.0870. The van der Waals surface area contributed by atoms with Crippen LogP contribution < -0.4 is 11.1 Å². The molecule has 1 amide bonds. The van der Waals surface area contributed by atoms with Crippen LogP contribution in [0.25, 0.3) is 11.1 Å². The van der Waals surface area contributed by atoms with Crippen molar-refractivity contribution < 1.29 is 30.9 Å². The molecule has 0 aromatic heterocycles. The first-order chi connectivity index (χ1) is 13.7. The van der Waals surface area contributed by atoms with Gasteiger partial charge in [-0.05, 0) is 34.7 Å². The molecule has 2 aromatic rings. The van der Waals surface area contributed by atoms with Crippen molar-refractivity contribution in [3.05, 3.63) is 59.7 Å². The number of benzene rings is 2. The number of hydrogen-bond donors (Lipinski definition) is 3. The molecule has 10 heteroatoms. The standard InChI is InChI=1S/C19H21F3N2O.CH4O3S/c1-12(2)17(18(23)25)24-11-13-3-5-14(6-4-13)15-7-9-16(10-8-15)19(20,21)22;1-5(2,3)4/h3-10,12,17,24H,11H2,1-2H3,(H2,23,25);1H3,(H,2,3,4). The number of nitrogens with one attached hydrogen (secondary N) is 1. The molecule has 0 saturated heterocycles. The van der Waals surface area contributed by atoms with Crippen molar-refractivity contribution in [3.63, 3.8) is 0 Å². The molecule has 1 unspecified atom stereocenters. The lowest BCUT2D eigenvalue weighted by Crippen LogP contribution is -2.44. The predicted molar refractivity (Wildman–Crippen MR) is 109 cm³/mol. The van der Waals surface area contributed by atoms with E-state index in [1.165, 1.54) is 12.1 Å². The van der Waals surface area contributed by atoms with E-state index in [4.69, 9.17) is 10.3 Å². The number of carbonyl (C=O) groups excluding carboxylic acids is 1. The van der Waals surface area contributed by atoms with E-state index in [2.05, 4.69) is 5.32 Å². The summed E-state index contributed by atoms with van der Waals surface area (Å²) in [4.78, 5) is 11.4. The number of hydrogen-bond acceptors (Lipinski definition) is 4. The van der Waals surface area contributed by atoms with Gasteiger partial charge in [0, 0.05) is 6.54 Å². The lowest BCUT2D eigenvalue weighted by molar-refractivity contribution is -0.137. The maximum absolute atomic E-state index is 12.6. The maximum atomic E-state index is 12.6. The molecule has 1 atom stereocenters. The molecule has 30 heavy (non-hydrogen) atoms. The van der Waals surface area contributed by atoms with Crippen LogP contribution in [-0.4, -0.2) is 31.2 Å². The second-order valence-corrected chi connectivity index (χ2v) is 8.48. The summed E-state index contributed by atoms with van der Waals surface area (Å²) in [5, 5.41) is 3.12. The molecule has 6 nitrogen and oxygen atoms in total. The van der Waals surface area contributed by atoms with Gasteiger partial charge in [0.05, 0.1) is 17.9 Å². The largest absolute Gasteiger partial charge is 0.416 e. The number of nitrogens with two attached hydrogens (primary N) is 1. The Hall–Kier alpha value is -2.43. The molecule has 0 radical (unpaired) electrons. The summed E-state index contributed by atoms with van der Waals surface area (Å²) in [7, 11) is -3.67. The molecule has 0 fully saturated rings. The van der Waals surface area contributed by atoms with E-state index >= 15 is 0 Å². The van der Waals surface area contributed by atoms with Crippen LogP contribution in [0.4, 0.5) is 13.2 Å². The Morgan fingerprint density at radius 2 is 1.43 bits per heavy atom. The number of alkyl halides is 3. The molecule has 0 spiro atoms. The fourth-order valence-electron chi connectivity index (χ4n) is 2.56. The van der Waals surface area contributed by atoms with Crippen molar-refractivity contribution >= 4 is 16.0 Å². The molecule has 0 saturated carbocycles. The van der Waals surface area contributed by atoms with Gasteiger partial charge in [-0.15, -0.1) is 0 Å². The minimum atomic E-state index is -4.33. The van der Waals surface area contributed by atoms with Crippen LogP contribution in [0.3, 0.4) is 0 Å². The lowest BCUT2D eigenvalue weighted by atomic mass is 10.0. The van der Waals surface area contributed by atoms with E-state index in [-0.39, 0.29) is 5.92 Å². The second-order valence-electron chi connectivity index (χ2n) is 7.01. The van der Waals surface area contributed by atoms with Gasteiger partial charge in [0.25, 0.3) is 10.1 Å². The molecule has 0 heterocycles. The van der Waals surface area contributed by atoms with Crippen LogP contribution in [0, 0.1) is 5.92 Å². The number of amides is 1. The highest BCUT2D eigenvalue weighted by atomic mass is 32.2. The third-order valence-electron chi connectivity index (χ3n) is 4.00. The van der Waals surface area contributed by atoms with Gasteiger partial charge < -0.3 is 11.1 Å². The molecular formula is C20H25F3N2O4S. The molecule has 2 rings (SSSR count). The summed E-state index contributed by atoms with van der Waals surface area (Å²) in [5.41, 5.74) is 7.20. The summed E-state index contributed by atoms with van der Waals surface area (Å²) in [6.07, 6.45) is -3.62. The molecule has 2 aromatic carbocycles. The number of primary amides is 1. The summed E-state index contributed by atoms with van der Waals surface area (Å²) in [6.45, 7) is 4.31. The summed E-state index contributed by atoms with van der Waals surface area (Å²) >= 11 is 0. The Balaban J connectivity index is 0.000000804. The number of rotatable bonds is 6. The molecular weight excluding hydrogens is 421 g/mol. The van der Waals surface area contributed by atoms with Crippen molar-refractivity contribution in [3.8, 4) is 11.1 Å². The quantitative estimate of drug-likeness (QED) is 0.589. The number of halogens is 3. The van der Waals surface area contributed by atoms with Crippen molar-refractivity contribution in [2.75, 3.05) is 6.26 Å². The summed E-state index contributed by atoms with van der Waals surface area (Å²) in [5.74, 6) is -0.305. The van der Waals surface area contributed by atoms with Crippen LogP contribution in [-0.2, 0) is 27.6 Å². The van der Waals surface area contributed by atoms with Gasteiger partial charge in [0.2, 0.25) is 5.91 Å². The van der Waals surface area contributed by atoms with Crippen LogP contribution in [0.1, 0.15) is 25.0 Å². The van der Waals surface area contributed by atoms with Crippen molar-refractivity contribution in [2.24, 2.45) is 11.7 Å². The monoisotopic (exact) mass is 446 g/mol. The van der Waals surface area contributed by atoms with Crippen molar-refractivity contribution in [1.82, 2.24) is 5.32 Å². The third kappa shape index (κ3) is 9.38. The van der Waals surface area contributed by atoms with Crippen molar-refractivity contribution in [2.45, 2.75) is 32.6 Å². The molecule has 0 bridgehead atoms. The van der Waals surface area contributed by atoms with E-state index < -0.39 is 33.8 Å². The fraction of sp³-hybridized carbons (Fsp3) is 0.350. The van der Waals surface area contributed by atoms with Gasteiger partial charge in [0.1, 0.15) is 0 Å². The number of carbonyl (C=O) groups is 1. The Kier molecular flexibility index (Phi) is 9.01. The zero-order valence-electron chi connectivity index (χ0n) is 16.8. The zero-order chi connectivity index (χ0) is 23.1. The van der Waals surface area contributed by atoms with E-state index in [1.54, 1.807) is 0 Å². The van der Waals surface area contributed by atoms with Gasteiger partial charge in [0.15, 0.2) is 0 Å². The van der Waals surface area contributed by atoms with Crippen molar-refractivity contribution in [1.29, 1.82) is 0 Å². The first-order valence-electron chi connectivity index (χ1n) is 8.90. The third-order valence-corrected chi connectivity index (χ3v) is 4.00. The van der Waals surface area contributed by atoms with Gasteiger partial charge in [-0.3, -0.25) is 9.35 Å². The lowest BCUT2D eigenvalue weighted by Gasteiger charge is -2.19. The normalized spacial score (nSPS) is 12.8. The minimum Gasteiger partial charge on any atom is -0.368 e. The molecule has 0 aliphatic rings. The van der Waals surface area contributed by atoms with Crippen LogP contribution >= 0.6 is 0 Å². The first kappa shape index (κ1) is 25.6. The topological polar surface area (TPSA) is 109 Å². The van der Waals surface area contributed by atoms with Gasteiger partial charge in [-0.1, -0.05) is 50.2 Å². The Morgan fingerprint density at radius 3 is 1.77 bits per heavy atom. The predicted octanol–water partition coefficient (Wildman–Crippen LogP) is 3.48. The molecule has 166 valence electrons. The summed E-state index contributed by atoms with van der Waals surface area (Å²) < 4.78 is 63.7. The van der Waals surface area contributed by atoms with E-state index in [0.717, 1.165) is 23.3 Å². The van der Waals surface area contributed by atoms with Crippen LogP contribution in [0.5, 0.6) is 0 Å². The van der Waals surface area contributed by atoms with E-state index in [9.17, 15) is 26.4 Å². The Bertz CT molecular complexity index is 918. The first-order valence-corrected chi connectivity index (χ1v) is 10.7. The average molecular weight is 446 g/mol. The zero-order valence-corrected chi connectivity index (χ0v) is 17.6. The summed E-state index contributed by atoms with van der Waals surface area (Å²) in [6, 6.07) is 12.1. The Labute approximate surface area is 174 Å². The van der Waals surface area contributed by atoms with Gasteiger partial charge >= 0.3 is 6.18 Å². The molecule has 0 aliphatic carbocycles. The SMILES string of the molecule is CC(C)C(NCc1ccc(-c2ccc(C(F)(F)F)cc2)cc1)C(N)=O.CS(=O)(=O)O. The molecule has 0 aliphatic heterocycles. The Morgan fingerprint density at radius 1 is 1.03 bits per heavy atom. The maximum Gasteiger partial charge on any atom is 0.416 e. The highest BCUT2D eigenvalue weighted by Gasteiger charge is 2.29. The second kappa shape index (κ2) is 10.6. The van der Waals surface area contributed by atoms with Crippen LogP contribution in [0.15, 0.2) is 48.5 Å². The van der Waals surface area contributed by atoms with E-state index in [1.807, 2.05) is 38.1 Å². The fourth-order valence-corrected chi connectivity index (χ4v) is 2.56. The highest BCUT2D eigenvalue weighted by molar-refractivity contribution is 7.85.